The van der Waals surface area contributed by atoms with E-state index in [9.17, 15) is 14.0 Å². The summed E-state index contributed by atoms with van der Waals surface area (Å²) < 4.78 is 15.9. The van der Waals surface area contributed by atoms with Crippen LogP contribution >= 0.6 is 35.0 Å². The van der Waals surface area contributed by atoms with Crippen LogP contribution < -0.4 is 10.6 Å². The predicted octanol–water partition coefficient (Wildman–Crippen LogP) is 7.42. The Morgan fingerprint density at radius 2 is 1.59 bits per heavy atom. The van der Waals surface area contributed by atoms with Crippen molar-refractivity contribution in [1.82, 2.24) is 14.8 Å². The number of hydrogen-bond donors (Lipinski definition) is 2. The van der Waals surface area contributed by atoms with Crippen LogP contribution in [0.15, 0.2) is 102 Å². The second kappa shape index (κ2) is 13.0. The van der Waals surface area contributed by atoms with Crippen LogP contribution in [-0.4, -0.2) is 32.3 Å². The van der Waals surface area contributed by atoms with E-state index < -0.39 is 5.82 Å². The number of amides is 2. The van der Waals surface area contributed by atoms with Gasteiger partial charge in [0.1, 0.15) is 5.82 Å². The summed E-state index contributed by atoms with van der Waals surface area (Å²) in [4.78, 5) is 25.2. The molecule has 1 heterocycles. The molecule has 0 bridgehead atoms. The average Bonchev–Trinajstić information content (AvgIpc) is 3.36. The minimum absolute atomic E-state index is 0.0134. The molecule has 7 nitrogen and oxygen atoms in total. The van der Waals surface area contributed by atoms with Crippen LogP contribution in [0.1, 0.15) is 15.9 Å². The molecule has 0 radical (unpaired) electrons. The minimum atomic E-state index is -0.503. The maximum Gasteiger partial charge on any atom is 0.257 e. The fraction of sp³-hybridized carbons (Fsp3) is 0.0667. The monoisotopic (exact) mass is 605 g/mol. The first-order valence-electron chi connectivity index (χ1n) is 12.4. The number of hydrogen-bond acceptors (Lipinski definition) is 5. The standard InChI is InChI=1S/C30H22Cl2FN5O2S/c31-21-12-15-23(24(32)16-21)29(40)34-22-13-10-20(11-14-22)28-36-37-30(38(28)17-19-6-2-1-3-7-19)41-18-27(39)35-26-9-5-4-8-25(26)33/h1-16H,17-18H2,(H,34,40)(H,35,39). The highest BCUT2D eigenvalue weighted by molar-refractivity contribution is 7.99. The summed E-state index contributed by atoms with van der Waals surface area (Å²) in [6.45, 7) is 0.466. The molecule has 5 rings (SSSR count). The summed E-state index contributed by atoms with van der Waals surface area (Å²) >= 11 is 13.3. The zero-order valence-corrected chi connectivity index (χ0v) is 23.7. The minimum Gasteiger partial charge on any atom is -0.323 e. The molecular formula is C30H22Cl2FN5O2S. The lowest BCUT2D eigenvalue weighted by Gasteiger charge is -2.12. The number of halogens is 3. The molecule has 0 aliphatic heterocycles. The molecule has 0 aliphatic carbocycles. The van der Waals surface area contributed by atoms with Crippen molar-refractivity contribution in [1.29, 1.82) is 0 Å². The third kappa shape index (κ3) is 7.13. The molecule has 0 spiro atoms. The summed E-state index contributed by atoms with van der Waals surface area (Å²) in [6.07, 6.45) is 0. The molecule has 0 aliphatic rings. The predicted molar refractivity (Wildman–Crippen MR) is 161 cm³/mol. The van der Waals surface area contributed by atoms with E-state index in [0.29, 0.717) is 33.8 Å². The first-order valence-corrected chi connectivity index (χ1v) is 14.1. The Labute approximate surface area is 249 Å². The third-order valence-corrected chi connectivity index (χ3v) is 7.47. The zero-order valence-electron chi connectivity index (χ0n) is 21.4. The highest BCUT2D eigenvalue weighted by Crippen LogP contribution is 2.27. The molecular weight excluding hydrogens is 584 g/mol. The number of carbonyl (C=O) groups is 2. The smallest absolute Gasteiger partial charge is 0.257 e. The number of benzene rings is 4. The van der Waals surface area contributed by atoms with Gasteiger partial charge in [0.15, 0.2) is 11.0 Å². The van der Waals surface area contributed by atoms with Crippen molar-refractivity contribution < 1.29 is 14.0 Å². The maximum atomic E-state index is 13.9. The Kier molecular flexibility index (Phi) is 8.98. The van der Waals surface area contributed by atoms with Crippen LogP contribution in [-0.2, 0) is 11.3 Å². The van der Waals surface area contributed by atoms with Gasteiger partial charge in [-0.25, -0.2) is 4.39 Å². The highest BCUT2D eigenvalue weighted by atomic mass is 35.5. The topological polar surface area (TPSA) is 88.9 Å². The van der Waals surface area contributed by atoms with E-state index in [2.05, 4.69) is 20.8 Å². The molecule has 0 saturated carbocycles. The summed E-state index contributed by atoms with van der Waals surface area (Å²) in [5, 5.41) is 15.4. The SMILES string of the molecule is O=C(CSc1nnc(-c2ccc(NC(=O)c3ccc(Cl)cc3Cl)cc2)n1Cc1ccccc1)Nc1ccccc1F. The first kappa shape index (κ1) is 28.4. The average molecular weight is 607 g/mol. The summed E-state index contributed by atoms with van der Waals surface area (Å²) in [5.74, 6) is -0.629. The quantitative estimate of drug-likeness (QED) is 0.171. The third-order valence-electron chi connectivity index (χ3n) is 5.96. The van der Waals surface area contributed by atoms with Gasteiger partial charge in [0, 0.05) is 16.3 Å². The van der Waals surface area contributed by atoms with Crippen molar-refractivity contribution in [2.45, 2.75) is 11.7 Å². The van der Waals surface area contributed by atoms with Crippen LogP contribution in [0.3, 0.4) is 0 Å². The second-order valence-electron chi connectivity index (χ2n) is 8.85. The van der Waals surface area contributed by atoms with E-state index in [0.717, 1.165) is 11.1 Å². The van der Waals surface area contributed by atoms with Crippen LogP contribution in [0.5, 0.6) is 0 Å². The molecule has 11 heteroatoms. The van der Waals surface area contributed by atoms with Gasteiger partial charge >= 0.3 is 0 Å². The Balaban J connectivity index is 1.34. The number of rotatable bonds is 9. The van der Waals surface area contributed by atoms with Gasteiger partial charge in [-0.1, -0.05) is 77.4 Å². The number of thioether (sulfide) groups is 1. The van der Waals surface area contributed by atoms with Crippen molar-refractivity contribution in [2.75, 3.05) is 16.4 Å². The lowest BCUT2D eigenvalue weighted by Crippen LogP contribution is -2.15. The van der Waals surface area contributed by atoms with Gasteiger partial charge in [-0.15, -0.1) is 10.2 Å². The fourth-order valence-corrected chi connectivity index (χ4v) is 5.20. The van der Waals surface area contributed by atoms with Crippen molar-refractivity contribution in [3.63, 3.8) is 0 Å². The molecule has 2 amide bonds. The lowest BCUT2D eigenvalue weighted by molar-refractivity contribution is -0.113. The molecule has 0 unspecified atom stereocenters. The van der Waals surface area contributed by atoms with E-state index in [1.54, 1.807) is 36.4 Å². The molecule has 1 aromatic heterocycles. The molecule has 0 fully saturated rings. The summed E-state index contributed by atoms with van der Waals surface area (Å²) in [6, 6.07) is 27.6. The number of para-hydroxylation sites is 1. The van der Waals surface area contributed by atoms with E-state index in [-0.39, 0.29) is 28.3 Å². The number of nitrogens with one attached hydrogen (secondary N) is 2. The van der Waals surface area contributed by atoms with Gasteiger partial charge in [0.05, 0.1) is 28.6 Å². The normalized spacial score (nSPS) is 10.8. The molecule has 0 atom stereocenters. The fourth-order valence-electron chi connectivity index (χ4n) is 3.97. The van der Waals surface area contributed by atoms with E-state index >= 15 is 0 Å². The molecule has 206 valence electrons. The molecule has 0 saturated heterocycles. The van der Waals surface area contributed by atoms with Crippen molar-refractivity contribution in [3.8, 4) is 11.4 Å². The van der Waals surface area contributed by atoms with Crippen LogP contribution in [0.2, 0.25) is 10.0 Å². The van der Waals surface area contributed by atoms with Gasteiger partial charge in [-0.3, -0.25) is 14.2 Å². The maximum absolute atomic E-state index is 13.9. The van der Waals surface area contributed by atoms with E-state index in [1.807, 2.05) is 47.0 Å². The molecule has 4 aromatic carbocycles. The summed E-state index contributed by atoms with van der Waals surface area (Å²) in [5.41, 5.74) is 2.78. The van der Waals surface area contributed by atoms with Gasteiger partial charge in [0.2, 0.25) is 5.91 Å². The first-order chi connectivity index (χ1) is 19.9. The molecule has 5 aromatic rings. The van der Waals surface area contributed by atoms with Gasteiger partial charge in [0.25, 0.3) is 5.91 Å². The van der Waals surface area contributed by atoms with Gasteiger partial charge in [-0.2, -0.15) is 0 Å². The Morgan fingerprint density at radius 3 is 2.32 bits per heavy atom. The van der Waals surface area contributed by atoms with E-state index in [1.165, 1.54) is 30.0 Å². The number of aromatic nitrogens is 3. The summed E-state index contributed by atoms with van der Waals surface area (Å²) in [7, 11) is 0. The Hall–Kier alpha value is -4.18. The second-order valence-corrected chi connectivity index (χ2v) is 10.6. The van der Waals surface area contributed by atoms with E-state index in [4.69, 9.17) is 23.2 Å². The molecule has 41 heavy (non-hydrogen) atoms. The highest BCUT2D eigenvalue weighted by Gasteiger charge is 2.18. The lowest BCUT2D eigenvalue weighted by atomic mass is 10.1. The van der Waals surface area contributed by atoms with Crippen molar-refractivity contribution >= 4 is 58.2 Å². The van der Waals surface area contributed by atoms with Crippen LogP contribution in [0.25, 0.3) is 11.4 Å². The van der Waals surface area contributed by atoms with Gasteiger partial charge < -0.3 is 10.6 Å². The number of anilines is 2. The van der Waals surface area contributed by atoms with Crippen LogP contribution in [0.4, 0.5) is 15.8 Å². The van der Waals surface area contributed by atoms with Crippen molar-refractivity contribution in [3.05, 3.63) is 124 Å². The Morgan fingerprint density at radius 1 is 0.854 bits per heavy atom. The zero-order chi connectivity index (χ0) is 28.8. The van der Waals surface area contributed by atoms with Crippen molar-refractivity contribution in [2.24, 2.45) is 0 Å². The molecule has 2 N–H and O–H groups in total. The van der Waals surface area contributed by atoms with Crippen LogP contribution in [0, 0.1) is 5.82 Å². The Bertz CT molecular complexity index is 1700. The largest absolute Gasteiger partial charge is 0.323 e. The van der Waals surface area contributed by atoms with Gasteiger partial charge in [-0.05, 0) is 60.2 Å². The number of nitrogens with zero attached hydrogens (tertiary/aromatic N) is 3. The number of carbonyl (C=O) groups excluding carboxylic acids is 2.